The van der Waals surface area contributed by atoms with Gasteiger partial charge in [-0.3, -0.25) is 4.79 Å². The van der Waals surface area contributed by atoms with Gasteiger partial charge in [-0.25, -0.2) is 4.79 Å². The normalized spacial score (nSPS) is 24.0. The minimum Gasteiger partial charge on any atom is -0.480 e. The molecule has 1 aliphatic rings. The number of thioether (sulfide) groups is 1. The molecule has 0 aromatic carbocycles. The summed E-state index contributed by atoms with van der Waals surface area (Å²) < 4.78 is 0. The summed E-state index contributed by atoms with van der Waals surface area (Å²) in [5.41, 5.74) is 5.48. The van der Waals surface area contributed by atoms with Gasteiger partial charge in [-0.15, -0.1) is 0 Å². The number of likely N-dealkylation sites (tertiary alicyclic amines) is 1. The van der Waals surface area contributed by atoms with E-state index in [0.717, 1.165) is 18.6 Å². The fraction of sp³-hybridized carbons (Fsp3) is 0.846. The summed E-state index contributed by atoms with van der Waals surface area (Å²) in [5.74, 6) is -0.355. The van der Waals surface area contributed by atoms with Crippen molar-refractivity contribution in [3.8, 4) is 0 Å². The van der Waals surface area contributed by atoms with Crippen LogP contribution in [0.25, 0.3) is 0 Å². The zero-order chi connectivity index (χ0) is 14.6. The van der Waals surface area contributed by atoms with Crippen LogP contribution in [0.3, 0.4) is 0 Å². The maximum absolute atomic E-state index is 12.3. The monoisotopic (exact) mass is 288 g/mol. The smallest absolute Gasteiger partial charge is 0.326 e. The standard InChI is InChI=1S/C13H24N2O3S/c1-13(2)6-4-7-15(10(13)12(17)18)11(16)9(14)5-8-19-3/h9-10H,4-8,14H2,1-3H3,(H,17,18)/t9-,10?/m1/s1. The van der Waals surface area contributed by atoms with E-state index >= 15 is 0 Å². The lowest BCUT2D eigenvalue weighted by Crippen LogP contribution is -2.59. The minimum absolute atomic E-state index is 0.228. The van der Waals surface area contributed by atoms with Gasteiger partial charge >= 0.3 is 5.97 Å². The van der Waals surface area contributed by atoms with Crippen molar-refractivity contribution >= 4 is 23.6 Å². The van der Waals surface area contributed by atoms with Gasteiger partial charge in [-0.1, -0.05) is 13.8 Å². The first-order valence-corrected chi connectivity index (χ1v) is 7.98. The maximum atomic E-state index is 12.3. The maximum Gasteiger partial charge on any atom is 0.326 e. The molecule has 0 spiro atoms. The lowest BCUT2D eigenvalue weighted by molar-refractivity contribution is -0.159. The molecule has 110 valence electrons. The van der Waals surface area contributed by atoms with Crippen LogP contribution in [-0.4, -0.2) is 52.5 Å². The van der Waals surface area contributed by atoms with E-state index in [0.29, 0.717) is 13.0 Å². The SMILES string of the molecule is CSCC[C@@H](N)C(=O)N1CCCC(C)(C)C1C(=O)O. The first-order valence-electron chi connectivity index (χ1n) is 6.59. The van der Waals surface area contributed by atoms with Crippen molar-refractivity contribution < 1.29 is 14.7 Å². The Hall–Kier alpha value is -0.750. The molecule has 0 aromatic rings. The molecular formula is C13H24N2O3S. The van der Waals surface area contributed by atoms with Gasteiger partial charge in [0.15, 0.2) is 0 Å². The molecule has 1 amide bonds. The summed E-state index contributed by atoms with van der Waals surface area (Å²) in [4.78, 5) is 25.3. The first-order chi connectivity index (χ1) is 8.81. The molecular weight excluding hydrogens is 264 g/mol. The number of carboxylic acid groups (broad SMARTS) is 1. The van der Waals surface area contributed by atoms with Gasteiger partial charge in [-0.2, -0.15) is 11.8 Å². The minimum atomic E-state index is -0.935. The van der Waals surface area contributed by atoms with E-state index < -0.39 is 23.5 Å². The van der Waals surface area contributed by atoms with Gasteiger partial charge in [0.05, 0.1) is 6.04 Å². The Balaban J connectivity index is 2.83. The number of hydrogen-bond donors (Lipinski definition) is 2. The number of rotatable bonds is 5. The van der Waals surface area contributed by atoms with Crippen LogP contribution >= 0.6 is 11.8 Å². The lowest BCUT2D eigenvalue weighted by atomic mass is 9.76. The van der Waals surface area contributed by atoms with E-state index in [1.807, 2.05) is 20.1 Å². The first kappa shape index (κ1) is 16.3. The van der Waals surface area contributed by atoms with Crippen LogP contribution in [0.15, 0.2) is 0 Å². The van der Waals surface area contributed by atoms with E-state index in [9.17, 15) is 14.7 Å². The van der Waals surface area contributed by atoms with E-state index in [1.165, 1.54) is 4.90 Å². The highest BCUT2D eigenvalue weighted by atomic mass is 32.2. The Morgan fingerprint density at radius 1 is 1.53 bits per heavy atom. The second-order valence-electron chi connectivity index (χ2n) is 5.75. The molecule has 1 aliphatic heterocycles. The van der Waals surface area contributed by atoms with Crippen LogP contribution in [-0.2, 0) is 9.59 Å². The Morgan fingerprint density at radius 3 is 2.68 bits per heavy atom. The average Bonchev–Trinajstić information content (AvgIpc) is 2.32. The lowest BCUT2D eigenvalue weighted by Gasteiger charge is -2.44. The molecule has 0 aromatic heterocycles. The van der Waals surface area contributed by atoms with Crippen LogP contribution in [0.5, 0.6) is 0 Å². The largest absolute Gasteiger partial charge is 0.480 e. The number of hydrogen-bond acceptors (Lipinski definition) is 4. The Labute approximate surface area is 118 Å². The summed E-state index contributed by atoms with van der Waals surface area (Å²) >= 11 is 1.63. The molecule has 5 nitrogen and oxygen atoms in total. The van der Waals surface area contributed by atoms with Crippen molar-refractivity contribution in [3.63, 3.8) is 0 Å². The third kappa shape index (κ3) is 3.86. The molecule has 2 atom stereocenters. The van der Waals surface area contributed by atoms with E-state index in [4.69, 9.17) is 5.73 Å². The summed E-state index contributed by atoms with van der Waals surface area (Å²) in [6.45, 7) is 4.30. The summed E-state index contributed by atoms with van der Waals surface area (Å²) in [5, 5.41) is 9.41. The third-order valence-corrected chi connectivity index (χ3v) is 4.38. The number of aliphatic carboxylic acids is 1. The van der Waals surface area contributed by atoms with E-state index in [-0.39, 0.29) is 5.91 Å². The molecule has 1 unspecified atom stereocenters. The fourth-order valence-electron chi connectivity index (χ4n) is 2.68. The van der Waals surface area contributed by atoms with Crippen LogP contribution in [0, 0.1) is 5.41 Å². The zero-order valence-corrected chi connectivity index (χ0v) is 12.7. The highest BCUT2D eigenvalue weighted by Gasteiger charge is 2.45. The summed E-state index contributed by atoms with van der Waals surface area (Å²) in [7, 11) is 0. The van der Waals surface area contributed by atoms with Gasteiger partial charge in [0.25, 0.3) is 0 Å². The second kappa shape index (κ2) is 6.61. The highest BCUT2D eigenvalue weighted by molar-refractivity contribution is 7.98. The molecule has 1 heterocycles. The molecule has 0 bridgehead atoms. The molecule has 1 rings (SSSR count). The van der Waals surface area contributed by atoms with Crippen molar-refractivity contribution in [1.82, 2.24) is 4.90 Å². The Kier molecular flexibility index (Phi) is 5.67. The van der Waals surface area contributed by atoms with Crippen molar-refractivity contribution in [2.45, 2.75) is 45.2 Å². The van der Waals surface area contributed by atoms with Gasteiger partial charge in [0.1, 0.15) is 6.04 Å². The molecule has 3 N–H and O–H groups in total. The van der Waals surface area contributed by atoms with Crippen molar-refractivity contribution in [2.24, 2.45) is 11.1 Å². The van der Waals surface area contributed by atoms with Crippen molar-refractivity contribution in [2.75, 3.05) is 18.6 Å². The number of piperidine rings is 1. The predicted octanol–water partition coefficient (Wildman–Crippen LogP) is 1.17. The quantitative estimate of drug-likeness (QED) is 0.793. The Bertz CT molecular complexity index is 347. The van der Waals surface area contributed by atoms with Crippen LogP contribution < -0.4 is 5.73 Å². The highest BCUT2D eigenvalue weighted by Crippen LogP contribution is 2.35. The Morgan fingerprint density at radius 2 is 2.16 bits per heavy atom. The predicted molar refractivity (Wildman–Crippen MR) is 77.1 cm³/mol. The van der Waals surface area contributed by atoms with Gasteiger partial charge < -0.3 is 15.7 Å². The number of amides is 1. The molecule has 19 heavy (non-hydrogen) atoms. The number of carbonyl (C=O) groups is 2. The summed E-state index contributed by atoms with van der Waals surface area (Å²) in [6, 6.07) is -1.36. The van der Waals surface area contributed by atoms with E-state index in [2.05, 4.69) is 0 Å². The number of carbonyl (C=O) groups excluding carboxylic acids is 1. The third-order valence-electron chi connectivity index (χ3n) is 3.74. The van der Waals surface area contributed by atoms with Crippen molar-refractivity contribution in [3.05, 3.63) is 0 Å². The van der Waals surface area contributed by atoms with Gasteiger partial charge in [-0.05, 0) is 36.7 Å². The van der Waals surface area contributed by atoms with Crippen LogP contribution in [0.4, 0.5) is 0 Å². The van der Waals surface area contributed by atoms with Crippen LogP contribution in [0.1, 0.15) is 33.1 Å². The number of nitrogens with two attached hydrogens (primary N) is 1. The molecule has 0 radical (unpaired) electrons. The topological polar surface area (TPSA) is 83.6 Å². The molecule has 0 saturated carbocycles. The molecule has 1 saturated heterocycles. The van der Waals surface area contributed by atoms with Gasteiger partial charge in [0.2, 0.25) is 5.91 Å². The molecule has 6 heteroatoms. The number of nitrogens with zero attached hydrogens (tertiary/aromatic N) is 1. The van der Waals surface area contributed by atoms with Crippen molar-refractivity contribution in [1.29, 1.82) is 0 Å². The fourth-order valence-corrected chi connectivity index (χ4v) is 3.17. The van der Waals surface area contributed by atoms with Gasteiger partial charge in [0, 0.05) is 6.54 Å². The van der Waals surface area contributed by atoms with E-state index in [1.54, 1.807) is 11.8 Å². The zero-order valence-electron chi connectivity index (χ0n) is 11.9. The summed E-state index contributed by atoms with van der Waals surface area (Å²) in [6.07, 6.45) is 4.19. The van der Waals surface area contributed by atoms with Crippen LogP contribution in [0.2, 0.25) is 0 Å². The molecule has 0 aliphatic carbocycles. The number of carboxylic acids is 1. The second-order valence-corrected chi connectivity index (χ2v) is 6.74. The average molecular weight is 288 g/mol. The molecule has 1 fully saturated rings.